The summed E-state index contributed by atoms with van der Waals surface area (Å²) in [6.45, 7) is 4.90. The average molecular weight is 1020 g/mol. The zero-order valence-electron chi connectivity index (χ0n) is 48.9. The monoisotopic (exact) mass is 1020 g/mol. The molecule has 0 aliphatic rings. The van der Waals surface area contributed by atoms with Crippen molar-refractivity contribution in [2.75, 3.05) is 13.2 Å². The topological polar surface area (TPSA) is 95.9 Å². The summed E-state index contributed by atoms with van der Waals surface area (Å²) in [7, 11) is 0. The zero-order valence-corrected chi connectivity index (χ0v) is 48.9. The van der Waals surface area contributed by atoms with Gasteiger partial charge in [0.2, 0.25) is 5.91 Å². The molecule has 1 amide bonds. The Bertz CT molecular complexity index is 1230. The van der Waals surface area contributed by atoms with E-state index in [1.165, 1.54) is 231 Å². The maximum Gasteiger partial charge on any atom is 0.305 e. The second-order valence-electron chi connectivity index (χ2n) is 22.1. The van der Waals surface area contributed by atoms with Crippen molar-refractivity contribution in [3.63, 3.8) is 0 Å². The molecule has 0 radical (unpaired) electrons. The maximum atomic E-state index is 12.5. The van der Waals surface area contributed by atoms with Crippen LogP contribution in [0.2, 0.25) is 0 Å². The third-order valence-electron chi connectivity index (χ3n) is 14.9. The normalized spacial score (nSPS) is 12.9. The smallest absolute Gasteiger partial charge is 0.305 e. The number of aliphatic hydroxyl groups excluding tert-OH is 2. The van der Waals surface area contributed by atoms with Crippen molar-refractivity contribution in [1.29, 1.82) is 0 Å². The van der Waals surface area contributed by atoms with Gasteiger partial charge in [-0.15, -0.1) is 0 Å². The molecule has 2 atom stereocenters. The molecule has 0 spiro atoms. The molecule has 6 heteroatoms. The standard InChI is InChI=1S/C67H125NO5/c1-3-5-7-9-11-13-15-17-19-21-22-24-28-31-35-39-43-47-51-55-59-65(70)64(63-69)68-66(71)60-56-52-48-44-40-36-32-29-25-23-26-30-34-38-42-46-50-54-58-62-73-67(72)61-57-53-49-45-41-37-33-27-20-18-16-14-12-10-8-6-4-2/h12,14,18,20,30,34,38,42,64-65,69-70H,3-11,13,15-17,19,21-29,31-33,35-37,39-41,43-63H2,1-2H3,(H,68,71)/b14-12-,20-18-,34-30-,42-38-. The predicted molar refractivity (Wildman–Crippen MR) is 319 cm³/mol. The van der Waals surface area contributed by atoms with Crippen LogP contribution in [0.5, 0.6) is 0 Å². The van der Waals surface area contributed by atoms with Crippen LogP contribution in [0.1, 0.15) is 341 Å². The Morgan fingerprint density at radius 3 is 1.15 bits per heavy atom. The minimum atomic E-state index is -0.673. The van der Waals surface area contributed by atoms with Gasteiger partial charge in [0.25, 0.3) is 0 Å². The lowest BCUT2D eigenvalue weighted by Crippen LogP contribution is -2.45. The Kier molecular flexibility index (Phi) is 60.5. The van der Waals surface area contributed by atoms with Crippen molar-refractivity contribution in [3.8, 4) is 0 Å². The first-order chi connectivity index (χ1) is 36.0. The van der Waals surface area contributed by atoms with E-state index in [-0.39, 0.29) is 18.5 Å². The van der Waals surface area contributed by atoms with Crippen molar-refractivity contribution in [3.05, 3.63) is 48.6 Å². The molecule has 0 aliphatic carbocycles. The third-order valence-corrected chi connectivity index (χ3v) is 14.9. The molecule has 0 aromatic heterocycles. The number of amides is 1. The van der Waals surface area contributed by atoms with E-state index < -0.39 is 12.1 Å². The summed E-state index contributed by atoms with van der Waals surface area (Å²) >= 11 is 0. The third kappa shape index (κ3) is 58.9. The number of hydrogen-bond donors (Lipinski definition) is 3. The molecule has 0 saturated carbocycles. The molecule has 0 bridgehead atoms. The molecular weight excluding hydrogens is 899 g/mol. The van der Waals surface area contributed by atoms with Crippen molar-refractivity contribution >= 4 is 11.9 Å². The minimum Gasteiger partial charge on any atom is -0.466 e. The van der Waals surface area contributed by atoms with Gasteiger partial charge in [-0.2, -0.15) is 0 Å². The predicted octanol–water partition coefficient (Wildman–Crippen LogP) is 20.5. The van der Waals surface area contributed by atoms with Gasteiger partial charge < -0.3 is 20.3 Å². The molecule has 0 rings (SSSR count). The van der Waals surface area contributed by atoms with Crippen LogP contribution in [-0.4, -0.2) is 47.4 Å². The first-order valence-corrected chi connectivity index (χ1v) is 32.4. The van der Waals surface area contributed by atoms with Crippen LogP contribution in [-0.2, 0) is 14.3 Å². The molecule has 0 aliphatic heterocycles. The van der Waals surface area contributed by atoms with Gasteiger partial charge in [-0.3, -0.25) is 9.59 Å². The van der Waals surface area contributed by atoms with Crippen molar-refractivity contribution < 1.29 is 24.5 Å². The van der Waals surface area contributed by atoms with E-state index in [2.05, 4.69) is 67.8 Å². The van der Waals surface area contributed by atoms with Crippen LogP contribution in [0.3, 0.4) is 0 Å². The van der Waals surface area contributed by atoms with Gasteiger partial charge in [0.15, 0.2) is 0 Å². The second kappa shape index (κ2) is 62.4. The van der Waals surface area contributed by atoms with Gasteiger partial charge in [-0.25, -0.2) is 0 Å². The Hall–Kier alpha value is -2.18. The number of esters is 1. The van der Waals surface area contributed by atoms with Crippen LogP contribution < -0.4 is 5.32 Å². The van der Waals surface area contributed by atoms with Gasteiger partial charge in [0.1, 0.15) is 0 Å². The molecule has 0 fully saturated rings. The van der Waals surface area contributed by atoms with E-state index >= 15 is 0 Å². The molecule has 428 valence electrons. The lowest BCUT2D eigenvalue weighted by atomic mass is 10.0. The molecule has 73 heavy (non-hydrogen) atoms. The van der Waals surface area contributed by atoms with Crippen molar-refractivity contribution in [2.45, 2.75) is 353 Å². The summed E-state index contributed by atoms with van der Waals surface area (Å²) in [5, 5.41) is 23.4. The molecule has 0 saturated heterocycles. The Morgan fingerprint density at radius 2 is 0.726 bits per heavy atom. The van der Waals surface area contributed by atoms with E-state index in [4.69, 9.17) is 4.74 Å². The molecule has 0 aromatic rings. The van der Waals surface area contributed by atoms with E-state index in [0.717, 1.165) is 77.0 Å². The number of carbonyl (C=O) groups is 2. The number of nitrogens with one attached hydrogen (secondary N) is 1. The lowest BCUT2D eigenvalue weighted by molar-refractivity contribution is -0.143. The van der Waals surface area contributed by atoms with Gasteiger partial charge >= 0.3 is 5.97 Å². The van der Waals surface area contributed by atoms with E-state index in [0.29, 0.717) is 25.9 Å². The maximum absolute atomic E-state index is 12.5. The molecule has 0 heterocycles. The molecule has 2 unspecified atom stereocenters. The van der Waals surface area contributed by atoms with Crippen molar-refractivity contribution in [1.82, 2.24) is 5.32 Å². The Labute approximate surface area is 455 Å². The largest absolute Gasteiger partial charge is 0.466 e. The highest BCUT2D eigenvalue weighted by Crippen LogP contribution is 2.18. The summed E-state index contributed by atoms with van der Waals surface area (Å²) in [6.07, 6.45) is 79.8. The number of ether oxygens (including phenoxy) is 1. The summed E-state index contributed by atoms with van der Waals surface area (Å²) in [6, 6.07) is -0.551. The fourth-order valence-corrected chi connectivity index (χ4v) is 9.90. The summed E-state index contributed by atoms with van der Waals surface area (Å²) in [4.78, 5) is 24.6. The molecule has 3 N–H and O–H groups in total. The van der Waals surface area contributed by atoms with Crippen LogP contribution in [0.25, 0.3) is 0 Å². The van der Waals surface area contributed by atoms with Crippen molar-refractivity contribution in [2.24, 2.45) is 0 Å². The van der Waals surface area contributed by atoms with Gasteiger partial charge in [-0.05, 0) is 89.9 Å². The quantitative estimate of drug-likeness (QED) is 0.0244. The SMILES string of the molecule is CCCCC/C=C\C/C=C\CCCCCCCCCC(=O)OCCCCC/C=C\C=C/CCCCCCCCCCCCC(=O)NC(CO)C(O)CCCCCCCCCCCCCCCCCCCCCC. The number of hydrogen-bond acceptors (Lipinski definition) is 5. The van der Waals surface area contributed by atoms with Gasteiger partial charge in [-0.1, -0.05) is 287 Å². The molecule has 6 nitrogen and oxygen atoms in total. The summed E-state index contributed by atoms with van der Waals surface area (Å²) in [5.41, 5.74) is 0. The first-order valence-electron chi connectivity index (χ1n) is 32.4. The molecule has 0 aromatic carbocycles. The fraction of sp³-hybridized carbons (Fsp3) is 0.851. The first kappa shape index (κ1) is 70.8. The highest BCUT2D eigenvalue weighted by atomic mass is 16.5. The number of aliphatic hydroxyl groups is 2. The number of carbonyl (C=O) groups excluding carboxylic acids is 2. The number of unbranched alkanes of at least 4 members (excludes halogenated alkanes) is 42. The second-order valence-corrected chi connectivity index (χ2v) is 22.1. The zero-order chi connectivity index (χ0) is 52.9. The highest BCUT2D eigenvalue weighted by Gasteiger charge is 2.20. The minimum absolute atomic E-state index is 0.0209. The number of allylic oxidation sites excluding steroid dienone is 8. The molecular formula is C67H125NO5. The van der Waals surface area contributed by atoms with Crippen LogP contribution in [0.15, 0.2) is 48.6 Å². The van der Waals surface area contributed by atoms with Crippen LogP contribution in [0, 0.1) is 0 Å². The van der Waals surface area contributed by atoms with Crippen LogP contribution >= 0.6 is 0 Å². The Balaban J connectivity index is 3.48. The van der Waals surface area contributed by atoms with Gasteiger partial charge in [0.05, 0.1) is 25.4 Å². The highest BCUT2D eigenvalue weighted by molar-refractivity contribution is 5.76. The van der Waals surface area contributed by atoms with Crippen LogP contribution in [0.4, 0.5) is 0 Å². The average Bonchev–Trinajstić information content (AvgIpc) is 3.39. The lowest BCUT2D eigenvalue weighted by Gasteiger charge is -2.22. The fourth-order valence-electron chi connectivity index (χ4n) is 9.90. The van der Waals surface area contributed by atoms with Gasteiger partial charge in [0, 0.05) is 12.8 Å². The number of rotatable bonds is 60. The van der Waals surface area contributed by atoms with E-state index in [1.807, 2.05) is 0 Å². The Morgan fingerprint density at radius 1 is 0.397 bits per heavy atom. The summed E-state index contributed by atoms with van der Waals surface area (Å²) < 4.78 is 5.46. The van der Waals surface area contributed by atoms with E-state index in [1.54, 1.807) is 0 Å². The van der Waals surface area contributed by atoms with E-state index in [9.17, 15) is 19.8 Å². The summed E-state index contributed by atoms with van der Waals surface area (Å²) in [5.74, 6) is -0.0637.